The van der Waals surface area contributed by atoms with E-state index >= 15 is 0 Å². The molecule has 4 N–H and O–H groups in total. The van der Waals surface area contributed by atoms with Crippen LogP contribution in [0.1, 0.15) is 20.7 Å². The second kappa shape index (κ2) is 6.01. The molecule has 3 aromatic rings. The molecule has 0 aliphatic rings. The van der Waals surface area contributed by atoms with E-state index in [-0.39, 0.29) is 22.5 Å². The van der Waals surface area contributed by atoms with Crippen LogP contribution in [0.2, 0.25) is 0 Å². The number of rotatable bonds is 3. The Morgan fingerprint density at radius 1 is 1.08 bits per heavy atom. The molecule has 24 heavy (non-hydrogen) atoms. The number of nitrogens with zero attached hydrogens (tertiary/aromatic N) is 3. The molecule has 0 bridgehead atoms. The molecule has 0 unspecified atom stereocenters. The first-order valence-electron chi connectivity index (χ1n) is 6.59. The SMILES string of the molecule is NNC(=O)c1cnn2cc(NC(=O)c3cc(F)cc(F)c3)cnc12. The molecule has 0 aliphatic heterocycles. The summed E-state index contributed by atoms with van der Waals surface area (Å²) < 4.78 is 27.6. The summed E-state index contributed by atoms with van der Waals surface area (Å²) in [7, 11) is 0. The number of carbonyl (C=O) groups is 2. The smallest absolute Gasteiger partial charge is 0.270 e. The van der Waals surface area contributed by atoms with Crippen molar-refractivity contribution < 1.29 is 18.4 Å². The molecule has 0 atom stereocenters. The Bertz CT molecular complexity index is 935. The van der Waals surface area contributed by atoms with Gasteiger partial charge in [-0.05, 0) is 12.1 Å². The highest BCUT2D eigenvalue weighted by molar-refractivity contribution is 6.04. The van der Waals surface area contributed by atoms with Crippen LogP contribution in [0.3, 0.4) is 0 Å². The molecule has 0 spiro atoms. The molecule has 0 fully saturated rings. The van der Waals surface area contributed by atoms with Crippen molar-refractivity contribution in [2.24, 2.45) is 5.84 Å². The van der Waals surface area contributed by atoms with Crippen molar-refractivity contribution in [1.29, 1.82) is 0 Å². The quantitative estimate of drug-likeness (QED) is 0.374. The van der Waals surface area contributed by atoms with Crippen LogP contribution < -0.4 is 16.6 Å². The maximum absolute atomic E-state index is 13.2. The summed E-state index contributed by atoms with van der Waals surface area (Å²) in [4.78, 5) is 27.6. The molecule has 122 valence electrons. The van der Waals surface area contributed by atoms with E-state index in [1.807, 2.05) is 5.43 Å². The lowest BCUT2D eigenvalue weighted by Crippen LogP contribution is -2.29. The van der Waals surface area contributed by atoms with E-state index in [0.717, 1.165) is 12.1 Å². The van der Waals surface area contributed by atoms with Gasteiger partial charge in [0.2, 0.25) is 0 Å². The second-order valence-electron chi connectivity index (χ2n) is 4.75. The fraction of sp³-hybridized carbons (Fsp3) is 0. The fourth-order valence-electron chi connectivity index (χ4n) is 2.07. The van der Waals surface area contributed by atoms with E-state index < -0.39 is 23.4 Å². The molecule has 8 nitrogen and oxygen atoms in total. The molecule has 0 saturated carbocycles. The van der Waals surface area contributed by atoms with Crippen LogP contribution in [0, 0.1) is 11.6 Å². The summed E-state index contributed by atoms with van der Waals surface area (Å²) >= 11 is 0. The predicted molar refractivity (Wildman–Crippen MR) is 79.0 cm³/mol. The number of nitrogens with one attached hydrogen (secondary N) is 2. The van der Waals surface area contributed by atoms with E-state index in [1.165, 1.54) is 23.1 Å². The molecule has 2 aromatic heterocycles. The van der Waals surface area contributed by atoms with E-state index in [1.54, 1.807) is 0 Å². The van der Waals surface area contributed by atoms with Crippen molar-refractivity contribution in [1.82, 2.24) is 20.0 Å². The summed E-state index contributed by atoms with van der Waals surface area (Å²) in [6.45, 7) is 0. The van der Waals surface area contributed by atoms with Crippen LogP contribution in [0.15, 0.2) is 36.8 Å². The van der Waals surface area contributed by atoms with E-state index in [4.69, 9.17) is 5.84 Å². The lowest BCUT2D eigenvalue weighted by molar-refractivity contribution is 0.0954. The standard InChI is InChI=1S/C14H10F2N6O2/c15-8-1-7(2-9(16)3-8)13(23)20-10-4-18-12-11(14(24)21-17)5-19-22(12)6-10/h1-6H,17H2,(H,20,23)(H,21,24). The van der Waals surface area contributed by atoms with Crippen LogP contribution >= 0.6 is 0 Å². The Balaban J connectivity index is 1.87. The number of halogens is 2. The lowest BCUT2D eigenvalue weighted by Gasteiger charge is -2.06. The van der Waals surface area contributed by atoms with E-state index in [9.17, 15) is 18.4 Å². The van der Waals surface area contributed by atoms with Gasteiger partial charge in [-0.2, -0.15) is 5.10 Å². The fourth-order valence-corrected chi connectivity index (χ4v) is 2.07. The lowest BCUT2D eigenvalue weighted by atomic mass is 10.2. The van der Waals surface area contributed by atoms with E-state index in [0.29, 0.717) is 6.07 Å². The van der Waals surface area contributed by atoms with Gasteiger partial charge in [-0.15, -0.1) is 0 Å². The maximum Gasteiger partial charge on any atom is 0.270 e. The van der Waals surface area contributed by atoms with Gasteiger partial charge in [-0.3, -0.25) is 15.0 Å². The summed E-state index contributed by atoms with van der Waals surface area (Å²) in [6.07, 6.45) is 3.93. The number of hydrazine groups is 1. The highest BCUT2D eigenvalue weighted by atomic mass is 19.1. The minimum atomic E-state index is -0.863. The number of fused-ring (bicyclic) bond motifs is 1. The first-order valence-corrected chi connectivity index (χ1v) is 6.59. The molecule has 10 heteroatoms. The third kappa shape index (κ3) is 2.90. The van der Waals surface area contributed by atoms with Crippen LogP contribution in [-0.4, -0.2) is 26.4 Å². The highest BCUT2D eigenvalue weighted by Gasteiger charge is 2.14. The van der Waals surface area contributed by atoms with Gasteiger partial charge in [-0.25, -0.2) is 24.1 Å². The van der Waals surface area contributed by atoms with E-state index in [2.05, 4.69) is 15.4 Å². The summed E-state index contributed by atoms with van der Waals surface area (Å²) in [5.41, 5.74) is 2.39. The number of hydrogen-bond donors (Lipinski definition) is 3. The largest absolute Gasteiger partial charge is 0.319 e. The Kier molecular flexibility index (Phi) is 3.88. The topological polar surface area (TPSA) is 114 Å². The van der Waals surface area contributed by atoms with Gasteiger partial charge in [0.05, 0.1) is 24.3 Å². The van der Waals surface area contributed by atoms with Crippen molar-refractivity contribution in [2.75, 3.05) is 5.32 Å². The molecule has 1 aromatic carbocycles. The van der Waals surface area contributed by atoms with Crippen molar-refractivity contribution in [3.8, 4) is 0 Å². The van der Waals surface area contributed by atoms with Gasteiger partial charge in [0.1, 0.15) is 17.2 Å². The van der Waals surface area contributed by atoms with Gasteiger partial charge in [0.15, 0.2) is 5.65 Å². The predicted octanol–water partition coefficient (Wildman–Crippen LogP) is 0.863. The number of amides is 2. The normalized spacial score (nSPS) is 10.6. The number of anilines is 1. The Hall–Kier alpha value is -3.40. The summed E-state index contributed by atoms with van der Waals surface area (Å²) in [5, 5.41) is 6.36. The van der Waals surface area contributed by atoms with Crippen LogP contribution in [0.25, 0.3) is 5.65 Å². The van der Waals surface area contributed by atoms with Crippen LogP contribution in [0.4, 0.5) is 14.5 Å². The van der Waals surface area contributed by atoms with Crippen molar-refractivity contribution in [2.45, 2.75) is 0 Å². The van der Waals surface area contributed by atoms with Crippen LogP contribution in [-0.2, 0) is 0 Å². The third-order valence-electron chi connectivity index (χ3n) is 3.11. The minimum Gasteiger partial charge on any atom is -0.319 e. The van der Waals surface area contributed by atoms with Gasteiger partial charge in [-0.1, -0.05) is 0 Å². The summed E-state index contributed by atoms with van der Waals surface area (Å²) in [6, 6.07) is 2.47. The van der Waals surface area contributed by atoms with Gasteiger partial charge in [0, 0.05) is 11.6 Å². The molecule has 0 aliphatic carbocycles. The van der Waals surface area contributed by atoms with Crippen LogP contribution in [0.5, 0.6) is 0 Å². The number of hydrogen-bond acceptors (Lipinski definition) is 5. The third-order valence-corrected chi connectivity index (χ3v) is 3.11. The maximum atomic E-state index is 13.2. The molecular weight excluding hydrogens is 322 g/mol. The Morgan fingerprint density at radius 2 is 1.79 bits per heavy atom. The Morgan fingerprint density at radius 3 is 2.46 bits per heavy atom. The number of nitrogens with two attached hydrogens (primary N) is 1. The van der Waals surface area contributed by atoms with Gasteiger partial charge < -0.3 is 5.32 Å². The Labute approximate surface area is 133 Å². The second-order valence-corrected chi connectivity index (χ2v) is 4.75. The molecule has 0 saturated heterocycles. The molecule has 0 radical (unpaired) electrons. The number of aromatic nitrogens is 3. The van der Waals surface area contributed by atoms with Crippen molar-refractivity contribution >= 4 is 23.1 Å². The zero-order valence-corrected chi connectivity index (χ0v) is 12.0. The minimum absolute atomic E-state index is 0.155. The monoisotopic (exact) mass is 332 g/mol. The number of nitrogen functional groups attached to an aromatic ring is 1. The molecule has 2 heterocycles. The first kappa shape index (κ1) is 15.5. The molecule has 3 rings (SSSR count). The average molecular weight is 332 g/mol. The zero-order chi connectivity index (χ0) is 17.3. The van der Waals surface area contributed by atoms with Gasteiger partial charge >= 0.3 is 0 Å². The zero-order valence-electron chi connectivity index (χ0n) is 12.0. The summed E-state index contributed by atoms with van der Waals surface area (Å²) in [5.74, 6) is 2.04. The molecular formula is C14H10F2N6O2. The number of benzene rings is 1. The van der Waals surface area contributed by atoms with Gasteiger partial charge in [0.25, 0.3) is 11.8 Å². The first-order chi connectivity index (χ1) is 11.5. The van der Waals surface area contributed by atoms with Crippen molar-refractivity contribution in [3.05, 3.63) is 59.6 Å². The highest BCUT2D eigenvalue weighted by Crippen LogP contribution is 2.14. The molecule has 2 amide bonds. The van der Waals surface area contributed by atoms with Crippen molar-refractivity contribution in [3.63, 3.8) is 0 Å². The average Bonchev–Trinajstić information content (AvgIpc) is 2.96. The number of carbonyl (C=O) groups excluding carboxylic acids is 2.